The first kappa shape index (κ1) is 10.6. The molecule has 0 aromatic carbocycles. The first-order valence-electron chi connectivity index (χ1n) is 4.51. The van der Waals surface area contributed by atoms with Crippen molar-refractivity contribution in [1.82, 2.24) is 9.97 Å². The van der Waals surface area contributed by atoms with Gasteiger partial charge in [-0.25, -0.2) is 9.97 Å². The Morgan fingerprint density at radius 1 is 1.47 bits per heavy atom. The van der Waals surface area contributed by atoms with Gasteiger partial charge in [-0.3, -0.25) is 0 Å². The summed E-state index contributed by atoms with van der Waals surface area (Å²) in [5.74, 6) is 1.65. The fraction of sp³-hybridized carbons (Fsp3) is 0.200. The third-order valence-corrected chi connectivity index (χ3v) is 3.82. The molecule has 0 spiro atoms. The minimum Gasteiger partial charge on any atom is -0.365 e. The second-order valence-electron chi connectivity index (χ2n) is 3.03. The van der Waals surface area contributed by atoms with Crippen molar-refractivity contribution in [3.05, 3.63) is 38.9 Å². The van der Waals surface area contributed by atoms with Crippen molar-refractivity contribution in [2.24, 2.45) is 0 Å². The molecular formula is C10H10BrN3S. The first-order valence-corrected chi connectivity index (χ1v) is 6.18. The molecular weight excluding hydrogens is 274 g/mol. The molecule has 15 heavy (non-hydrogen) atoms. The number of nitrogens with one attached hydrogen (secondary N) is 1. The molecule has 78 valence electrons. The van der Waals surface area contributed by atoms with E-state index in [1.807, 2.05) is 19.1 Å². The van der Waals surface area contributed by atoms with Crippen LogP contribution in [0.1, 0.15) is 10.7 Å². The summed E-state index contributed by atoms with van der Waals surface area (Å²) >= 11 is 5.21. The van der Waals surface area contributed by atoms with Crippen molar-refractivity contribution in [3.63, 3.8) is 0 Å². The average Bonchev–Trinajstić information content (AvgIpc) is 2.61. The second-order valence-corrected chi connectivity index (χ2v) is 4.89. The number of halogens is 1. The van der Waals surface area contributed by atoms with E-state index in [0.717, 1.165) is 22.7 Å². The van der Waals surface area contributed by atoms with Crippen molar-refractivity contribution in [1.29, 1.82) is 0 Å². The number of aryl methyl sites for hydroxylation is 1. The lowest BCUT2D eigenvalue weighted by molar-refractivity contribution is 1.03. The third kappa shape index (κ3) is 2.76. The average molecular weight is 284 g/mol. The molecule has 5 heteroatoms. The largest absolute Gasteiger partial charge is 0.365 e. The van der Waals surface area contributed by atoms with Crippen LogP contribution < -0.4 is 5.32 Å². The second kappa shape index (κ2) is 4.72. The van der Waals surface area contributed by atoms with E-state index in [0.29, 0.717) is 0 Å². The summed E-state index contributed by atoms with van der Waals surface area (Å²) in [4.78, 5) is 9.58. The normalized spacial score (nSPS) is 10.3. The molecule has 0 fully saturated rings. The summed E-state index contributed by atoms with van der Waals surface area (Å²) in [5.41, 5.74) is 0. The quantitative estimate of drug-likeness (QED) is 0.940. The van der Waals surface area contributed by atoms with Crippen molar-refractivity contribution < 1.29 is 0 Å². The maximum atomic E-state index is 4.27. The Bertz CT molecular complexity index is 455. The summed E-state index contributed by atoms with van der Waals surface area (Å²) < 4.78 is 1.14. The predicted molar refractivity (Wildman–Crippen MR) is 66.1 cm³/mol. The van der Waals surface area contributed by atoms with Gasteiger partial charge in [0.25, 0.3) is 0 Å². The molecule has 0 atom stereocenters. The van der Waals surface area contributed by atoms with Gasteiger partial charge in [-0.2, -0.15) is 0 Å². The highest BCUT2D eigenvalue weighted by Gasteiger charge is 2.01. The van der Waals surface area contributed by atoms with Crippen molar-refractivity contribution in [2.75, 3.05) is 5.32 Å². The van der Waals surface area contributed by atoms with Crippen LogP contribution in [0.25, 0.3) is 0 Å². The standard InChI is InChI=1S/C10H10BrN3S/c1-7-12-4-2-10(14-7)13-6-9-8(11)3-5-15-9/h2-5H,6H2,1H3,(H,12,13,14). The maximum Gasteiger partial charge on any atom is 0.129 e. The number of aromatic nitrogens is 2. The lowest BCUT2D eigenvalue weighted by Crippen LogP contribution is -2.01. The summed E-state index contributed by atoms with van der Waals surface area (Å²) in [6.07, 6.45) is 1.76. The Kier molecular flexibility index (Phi) is 3.33. The highest BCUT2D eigenvalue weighted by Crippen LogP contribution is 2.23. The fourth-order valence-corrected chi connectivity index (χ4v) is 2.61. The monoisotopic (exact) mass is 283 g/mol. The zero-order valence-corrected chi connectivity index (χ0v) is 10.6. The van der Waals surface area contributed by atoms with Crippen molar-refractivity contribution in [3.8, 4) is 0 Å². The number of hydrogen-bond acceptors (Lipinski definition) is 4. The van der Waals surface area contributed by atoms with Gasteiger partial charge >= 0.3 is 0 Å². The Labute approximate surface area is 101 Å². The Morgan fingerprint density at radius 3 is 3.00 bits per heavy atom. The van der Waals surface area contributed by atoms with Crippen LogP contribution in [0.15, 0.2) is 28.2 Å². The Morgan fingerprint density at radius 2 is 2.33 bits per heavy atom. The SMILES string of the molecule is Cc1nccc(NCc2sccc2Br)n1. The Balaban J connectivity index is 2.02. The molecule has 0 aliphatic heterocycles. The molecule has 1 N–H and O–H groups in total. The van der Waals surface area contributed by atoms with Gasteiger partial charge in [0, 0.05) is 15.5 Å². The summed E-state index contributed by atoms with van der Waals surface area (Å²) in [5, 5.41) is 5.32. The fourth-order valence-electron chi connectivity index (χ4n) is 1.18. The number of hydrogen-bond donors (Lipinski definition) is 1. The molecule has 0 saturated carbocycles. The van der Waals surface area contributed by atoms with E-state index < -0.39 is 0 Å². The minimum absolute atomic E-state index is 0.783. The van der Waals surface area contributed by atoms with Crippen LogP contribution in [0, 0.1) is 6.92 Å². The van der Waals surface area contributed by atoms with Crippen LogP contribution in [0.5, 0.6) is 0 Å². The van der Waals surface area contributed by atoms with Gasteiger partial charge in [-0.1, -0.05) is 0 Å². The summed E-state index contributed by atoms with van der Waals surface area (Å²) in [7, 11) is 0. The van der Waals surface area contributed by atoms with Gasteiger partial charge in [0.05, 0.1) is 6.54 Å². The highest BCUT2D eigenvalue weighted by atomic mass is 79.9. The van der Waals surface area contributed by atoms with Crippen LogP contribution >= 0.6 is 27.3 Å². The lowest BCUT2D eigenvalue weighted by atomic mass is 10.4. The van der Waals surface area contributed by atoms with Crippen LogP contribution in [-0.4, -0.2) is 9.97 Å². The van der Waals surface area contributed by atoms with E-state index >= 15 is 0 Å². The van der Waals surface area contributed by atoms with Gasteiger partial charge in [0.15, 0.2) is 0 Å². The molecule has 0 amide bonds. The topological polar surface area (TPSA) is 37.8 Å². The van der Waals surface area contributed by atoms with E-state index in [9.17, 15) is 0 Å². The van der Waals surface area contributed by atoms with Crippen molar-refractivity contribution in [2.45, 2.75) is 13.5 Å². The minimum atomic E-state index is 0.783. The molecule has 2 heterocycles. The van der Waals surface area contributed by atoms with Crippen LogP contribution in [0.2, 0.25) is 0 Å². The van der Waals surface area contributed by atoms with Crippen molar-refractivity contribution >= 4 is 33.1 Å². The molecule has 2 aromatic heterocycles. The molecule has 0 aliphatic carbocycles. The predicted octanol–water partition coefficient (Wildman–Crippen LogP) is 3.22. The van der Waals surface area contributed by atoms with Crippen LogP contribution in [0.3, 0.4) is 0 Å². The van der Waals surface area contributed by atoms with E-state index in [2.05, 4.69) is 36.6 Å². The van der Waals surface area contributed by atoms with Gasteiger partial charge in [0.1, 0.15) is 11.6 Å². The van der Waals surface area contributed by atoms with Gasteiger partial charge < -0.3 is 5.32 Å². The maximum absolute atomic E-state index is 4.27. The van der Waals surface area contributed by atoms with Gasteiger partial charge in [0.2, 0.25) is 0 Å². The zero-order valence-electron chi connectivity index (χ0n) is 8.20. The molecule has 3 nitrogen and oxygen atoms in total. The van der Waals surface area contributed by atoms with E-state index in [4.69, 9.17) is 0 Å². The molecule has 0 aliphatic rings. The van der Waals surface area contributed by atoms with Crippen LogP contribution in [-0.2, 0) is 6.54 Å². The molecule has 2 rings (SSSR count). The van der Waals surface area contributed by atoms with Gasteiger partial charge in [-0.05, 0) is 40.4 Å². The van der Waals surface area contributed by atoms with E-state index in [-0.39, 0.29) is 0 Å². The van der Waals surface area contributed by atoms with Gasteiger partial charge in [-0.15, -0.1) is 11.3 Å². The smallest absolute Gasteiger partial charge is 0.129 e. The molecule has 0 radical (unpaired) electrons. The molecule has 0 saturated heterocycles. The summed E-state index contributed by atoms with van der Waals surface area (Å²) in [6, 6.07) is 3.92. The number of thiophene rings is 1. The summed E-state index contributed by atoms with van der Waals surface area (Å²) in [6.45, 7) is 2.67. The van der Waals surface area contributed by atoms with E-state index in [1.165, 1.54) is 4.88 Å². The number of nitrogens with zero attached hydrogens (tertiary/aromatic N) is 2. The lowest BCUT2D eigenvalue weighted by Gasteiger charge is -2.04. The highest BCUT2D eigenvalue weighted by molar-refractivity contribution is 9.10. The molecule has 2 aromatic rings. The van der Waals surface area contributed by atoms with Crippen LogP contribution in [0.4, 0.5) is 5.82 Å². The zero-order chi connectivity index (χ0) is 10.7. The molecule has 0 unspecified atom stereocenters. The number of anilines is 1. The van der Waals surface area contributed by atoms with E-state index in [1.54, 1.807) is 17.5 Å². The number of rotatable bonds is 3. The first-order chi connectivity index (χ1) is 7.25. The Hall–Kier alpha value is -0.940. The molecule has 0 bridgehead atoms. The third-order valence-electron chi connectivity index (χ3n) is 1.90.